The number of ether oxygens (including phenoxy) is 1. The number of rotatable bonds is 7. The molecule has 216 valence electrons. The van der Waals surface area contributed by atoms with Crippen molar-refractivity contribution >= 4 is 34.0 Å². The number of hydrogen-bond donors (Lipinski definition) is 1. The average molecular weight is 598 g/mol. The summed E-state index contributed by atoms with van der Waals surface area (Å²) >= 11 is 3.28. The van der Waals surface area contributed by atoms with Crippen LogP contribution in [0.4, 0.5) is 5.13 Å². The van der Waals surface area contributed by atoms with Gasteiger partial charge in [-0.1, -0.05) is 98.7 Å². The van der Waals surface area contributed by atoms with E-state index in [-0.39, 0.29) is 11.2 Å². The highest BCUT2D eigenvalue weighted by atomic mass is 32.2. The van der Waals surface area contributed by atoms with Gasteiger partial charge in [0.25, 0.3) is 0 Å². The number of hydrogen-bond acceptors (Lipinski definition) is 9. The van der Waals surface area contributed by atoms with Crippen molar-refractivity contribution < 1.29 is 9.53 Å². The van der Waals surface area contributed by atoms with Crippen LogP contribution >= 0.6 is 23.1 Å². The van der Waals surface area contributed by atoms with Crippen LogP contribution in [0.5, 0.6) is 5.75 Å². The standard InChI is InChI=1S/C33H35N5O2S2/c1-33(2)17-26-29(27(39)18-33)28(22-12-9-13-23(16-22)40-20-21-10-5-3-6-11-21)25(19-34)30(35)38(26)31-36-37-32(42-31)41-24-14-7-4-8-15-24/h3,5-6,9-13,16,24,28H,4,7-8,14-15,17-18,20,35H2,1-2H3. The first-order valence-electron chi connectivity index (χ1n) is 14.6. The van der Waals surface area contributed by atoms with Crippen LogP contribution in [-0.2, 0) is 11.4 Å². The second kappa shape index (κ2) is 11.9. The fourth-order valence-electron chi connectivity index (χ4n) is 6.25. The first-order chi connectivity index (χ1) is 20.3. The van der Waals surface area contributed by atoms with E-state index in [2.05, 4.69) is 30.1 Å². The van der Waals surface area contributed by atoms with Gasteiger partial charge in [-0.2, -0.15) is 5.26 Å². The van der Waals surface area contributed by atoms with Gasteiger partial charge in [0.15, 0.2) is 10.1 Å². The van der Waals surface area contributed by atoms with Gasteiger partial charge in [0, 0.05) is 22.9 Å². The van der Waals surface area contributed by atoms with Crippen molar-refractivity contribution in [3.05, 3.63) is 88.4 Å². The first kappa shape index (κ1) is 28.5. The molecule has 0 spiro atoms. The molecule has 2 aromatic carbocycles. The Morgan fingerprint density at radius 1 is 1.10 bits per heavy atom. The molecule has 1 fully saturated rings. The van der Waals surface area contributed by atoms with E-state index < -0.39 is 5.92 Å². The maximum Gasteiger partial charge on any atom is 0.219 e. The number of nitriles is 1. The lowest BCUT2D eigenvalue weighted by atomic mass is 9.68. The molecule has 1 atom stereocenters. The van der Waals surface area contributed by atoms with Gasteiger partial charge in [-0.25, -0.2) is 0 Å². The van der Waals surface area contributed by atoms with Gasteiger partial charge in [0.2, 0.25) is 5.13 Å². The Morgan fingerprint density at radius 2 is 1.88 bits per heavy atom. The maximum absolute atomic E-state index is 13.9. The molecule has 1 saturated carbocycles. The summed E-state index contributed by atoms with van der Waals surface area (Å²) in [4.78, 5) is 15.7. The third kappa shape index (κ3) is 5.83. The minimum Gasteiger partial charge on any atom is -0.489 e. The van der Waals surface area contributed by atoms with Gasteiger partial charge in [-0.05, 0) is 47.9 Å². The topological polar surface area (TPSA) is 105 Å². The molecule has 42 heavy (non-hydrogen) atoms. The van der Waals surface area contributed by atoms with E-state index in [4.69, 9.17) is 10.5 Å². The smallest absolute Gasteiger partial charge is 0.219 e. The largest absolute Gasteiger partial charge is 0.489 e. The Bertz CT molecular complexity index is 1580. The SMILES string of the molecule is CC1(C)CC(=O)C2=C(C1)N(c1nnc(SC3CCCCC3)s1)C(N)=C(C#N)C2c1cccc(OCc2ccccc2)c1. The molecule has 2 heterocycles. The molecule has 1 aromatic heterocycles. The summed E-state index contributed by atoms with van der Waals surface area (Å²) in [6, 6.07) is 20.0. The van der Waals surface area contributed by atoms with E-state index in [1.807, 2.05) is 59.5 Å². The predicted octanol–water partition coefficient (Wildman–Crippen LogP) is 7.48. The van der Waals surface area contributed by atoms with Crippen molar-refractivity contribution in [2.45, 2.75) is 80.9 Å². The normalized spacial score (nSPS) is 20.8. The molecule has 3 aliphatic rings. The predicted molar refractivity (Wildman–Crippen MR) is 167 cm³/mol. The molecule has 3 aromatic rings. The lowest BCUT2D eigenvalue weighted by Gasteiger charge is -2.42. The van der Waals surface area contributed by atoms with E-state index in [1.165, 1.54) is 43.4 Å². The van der Waals surface area contributed by atoms with E-state index >= 15 is 0 Å². The van der Waals surface area contributed by atoms with Crippen LogP contribution in [0.25, 0.3) is 0 Å². The zero-order valence-corrected chi connectivity index (χ0v) is 25.6. The highest BCUT2D eigenvalue weighted by molar-refractivity contribution is 8.01. The minimum atomic E-state index is -0.575. The Kier molecular flexibility index (Phi) is 8.11. The zero-order chi connectivity index (χ0) is 29.3. The molecule has 1 unspecified atom stereocenters. The number of carbonyl (C=O) groups excluding carboxylic acids is 1. The number of nitrogens with two attached hydrogens (primary N) is 1. The first-order valence-corrected chi connectivity index (χ1v) is 16.3. The minimum absolute atomic E-state index is 0.0356. The molecule has 0 radical (unpaired) electrons. The summed E-state index contributed by atoms with van der Waals surface area (Å²) in [5, 5.41) is 20.7. The molecule has 0 amide bonds. The molecule has 9 heteroatoms. The van der Waals surface area contributed by atoms with E-state index in [1.54, 1.807) is 11.8 Å². The number of anilines is 1. The fraction of sp³-hybridized carbons (Fsp3) is 0.394. The van der Waals surface area contributed by atoms with Crippen LogP contribution in [0, 0.1) is 16.7 Å². The Hall–Kier alpha value is -3.61. The van der Waals surface area contributed by atoms with Crippen LogP contribution in [0.3, 0.4) is 0 Å². The van der Waals surface area contributed by atoms with Gasteiger partial charge in [-0.3, -0.25) is 9.69 Å². The number of ketones is 1. The van der Waals surface area contributed by atoms with Crippen LogP contribution in [0.1, 0.15) is 75.8 Å². The third-order valence-corrected chi connectivity index (χ3v) is 10.6. The Labute approximate surface area is 255 Å². The van der Waals surface area contributed by atoms with Crippen molar-refractivity contribution in [3.8, 4) is 11.8 Å². The Balaban J connectivity index is 1.37. The van der Waals surface area contributed by atoms with Gasteiger partial charge in [0.1, 0.15) is 18.2 Å². The van der Waals surface area contributed by atoms with Crippen LogP contribution in [-0.4, -0.2) is 21.2 Å². The number of nitrogens with zero attached hydrogens (tertiary/aromatic N) is 4. The fourth-order valence-corrected chi connectivity index (χ4v) is 8.64. The molecule has 6 rings (SSSR count). The number of carbonyl (C=O) groups is 1. The van der Waals surface area contributed by atoms with Gasteiger partial charge >= 0.3 is 0 Å². The summed E-state index contributed by atoms with van der Waals surface area (Å²) in [6.07, 6.45) is 7.23. The number of Topliss-reactive ketones (excluding diaryl/α,β-unsaturated/α-hetero) is 1. The maximum atomic E-state index is 13.9. The molecule has 0 bridgehead atoms. The zero-order valence-electron chi connectivity index (χ0n) is 24.0. The van der Waals surface area contributed by atoms with Crippen LogP contribution < -0.4 is 15.4 Å². The van der Waals surface area contributed by atoms with E-state index in [0.29, 0.717) is 52.5 Å². The number of thioether (sulfide) groups is 1. The van der Waals surface area contributed by atoms with Crippen molar-refractivity contribution in [1.82, 2.24) is 10.2 Å². The van der Waals surface area contributed by atoms with Gasteiger partial charge in [-0.15, -0.1) is 10.2 Å². The molecule has 2 N–H and O–H groups in total. The van der Waals surface area contributed by atoms with Gasteiger partial charge < -0.3 is 10.5 Å². The second-order valence-corrected chi connectivity index (χ2v) is 14.6. The lowest BCUT2D eigenvalue weighted by molar-refractivity contribution is -0.118. The number of aromatic nitrogens is 2. The molecule has 2 aliphatic carbocycles. The average Bonchev–Trinajstić information content (AvgIpc) is 3.43. The van der Waals surface area contributed by atoms with Crippen molar-refractivity contribution in [2.24, 2.45) is 11.1 Å². The third-order valence-electron chi connectivity index (χ3n) is 8.23. The van der Waals surface area contributed by atoms with Gasteiger partial charge in [0.05, 0.1) is 17.6 Å². The summed E-state index contributed by atoms with van der Waals surface area (Å²) < 4.78 is 7.01. The summed E-state index contributed by atoms with van der Waals surface area (Å²) in [7, 11) is 0. The van der Waals surface area contributed by atoms with Crippen molar-refractivity contribution in [3.63, 3.8) is 0 Å². The molecular formula is C33H35N5O2S2. The highest BCUT2D eigenvalue weighted by Gasteiger charge is 2.45. The van der Waals surface area contributed by atoms with Crippen LogP contribution in [0.15, 0.2) is 81.6 Å². The van der Waals surface area contributed by atoms with Crippen molar-refractivity contribution in [1.29, 1.82) is 5.26 Å². The van der Waals surface area contributed by atoms with E-state index in [0.717, 1.165) is 21.2 Å². The molecule has 0 saturated heterocycles. The summed E-state index contributed by atoms with van der Waals surface area (Å²) in [5.41, 5.74) is 10.2. The summed E-state index contributed by atoms with van der Waals surface area (Å²) in [5.74, 6) is 0.448. The van der Waals surface area contributed by atoms with Crippen molar-refractivity contribution in [2.75, 3.05) is 4.90 Å². The molecule has 1 aliphatic heterocycles. The number of benzene rings is 2. The Morgan fingerprint density at radius 3 is 2.64 bits per heavy atom. The second-order valence-electron chi connectivity index (χ2n) is 12.1. The summed E-state index contributed by atoms with van der Waals surface area (Å²) in [6.45, 7) is 4.62. The highest BCUT2D eigenvalue weighted by Crippen LogP contribution is 2.51. The molecular weight excluding hydrogens is 563 g/mol. The molecule has 7 nitrogen and oxygen atoms in total. The quantitative estimate of drug-likeness (QED) is 0.299. The number of allylic oxidation sites excluding steroid dienone is 3. The monoisotopic (exact) mass is 597 g/mol. The lowest BCUT2D eigenvalue weighted by Crippen LogP contribution is -2.42. The van der Waals surface area contributed by atoms with Crippen LogP contribution in [0.2, 0.25) is 0 Å². The van der Waals surface area contributed by atoms with E-state index in [9.17, 15) is 10.1 Å².